The molecule has 0 radical (unpaired) electrons. The van der Waals surface area contributed by atoms with Crippen molar-refractivity contribution in [2.75, 3.05) is 6.61 Å². The predicted octanol–water partition coefficient (Wildman–Crippen LogP) is -0.834. The van der Waals surface area contributed by atoms with Gasteiger partial charge in [-0.1, -0.05) is 0 Å². The number of aliphatic imine (C=N–C) groups is 1. The SMILES string of the molecule is [N-]=[N+]=NC1(N)NC=Nc2c1ncn2[C@H]1C[C@H](O)[C@@H](CO)O1. The Bertz CT molecular complexity index is 624. The highest BCUT2D eigenvalue weighted by Crippen LogP contribution is 2.36. The quantitative estimate of drug-likeness (QED) is 0.322. The van der Waals surface area contributed by atoms with Crippen LogP contribution in [-0.2, 0) is 10.5 Å². The van der Waals surface area contributed by atoms with Crippen LogP contribution in [0.15, 0.2) is 16.4 Å². The number of nitrogens with two attached hydrogens (primary N) is 1. The van der Waals surface area contributed by atoms with Gasteiger partial charge in [-0.2, -0.15) is 0 Å². The Kier molecular flexibility index (Phi) is 3.27. The first-order valence-corrected chi connectivity index (χ1v) is 6.26. The second-order valence-corrected chi connectivity index (χ2v) is 4.80. The Morgan fingerprint density at radius 1 is 1.71 bits per heavy atom. The molecule has 3 heterocycles. The highest BCUT2D eigenvalue weighted by atomic mass is 16.5. The lowest BCUT2D eigenvalue weighted by Gasteiger charge is -2.26. The van der Waals surface area contributed by atoms with Gasteiger partial charge >= 0.3 is 0 Å². The minimum Gasteiger partial charge on any atom is -0.394 e. The zero-order valence-electron chi connectivity index (χ0n) is 10.9. The van der Waals surface area contributed by atoms with Crippen LogP contribution in [0.4, 0.5) is 5.82 Å². The van der Waals surface area contributed by atoms with Gasteiger partial charge in [0.25, 0.3) is 0 Å². The molecule has 11 nitrogen and oxygen atoms in total. The minimum absolute atomic E-state index is 0.258. The maximum Gasteiger partial charge on any atom is 0.215 e. The lowest BCUT2D eigenvalue weighted by molar-refractivity contribution is -0.0438. The van der Waals surface area contributed by atoms with E-state index in [4.69, 9.17) is 21.1 Å². The lowest BCUT2D eigenvalue weighted by atomic mass is 10.2. The monoisotopic (exact) mass is 294 g/mol. The average molecular weight is 294 g/mol. The van der Waals surface area contributed by atoms with Gasteiger partial charge in [0.1, 0.15) is 18.0 Å². The van der Waals surface area contributed by atoms with E-state index in [0.29, 0.717) is 5.82 Å². The molecule has 1 unspecified atom stereocenters. The first kappa shape index (κ1) is 13.8. The number of hydrogen-bond acceptors (Lipinski definition) is 8. The van der Waals surface area contributed by atoms with Crippen LogP contribution in [-0.4, -0.2) is 44.9 Å². The van der Waals surface area contributed by atoms with Crippen LogP contribution >= 0.6 is 0 Å². The van der Waals surface area contributed by atoms with Crippen molar-refractivity contribution in [3.8, 4) is 0 Å². The normalized spacial score (nSPS) is 34.1. The molecule has 1 saturated heterocycles. The van der Waals surface area contributed by atoms with E-state index in [-0.39, 0.29) is 18.7 Å². The molecular formula is C10H14N8O3. The summed E-state index contributed by atoms with van der Waals surface area (Å²) in [6.45, 7) is -0.279. The molecule has 4 atom stereocenters. The van der Waals surface area contributed by atoms with Crippen molar-refractivity contribution < 1.29 is 14.9 Å². The fraction of sp³-hybridized carbons (Fsp3) is 0.600. The summed E-state index contributed by atoms with van der Waals surface area (Å²) in [5.74, 6) is -1.15. The largest absolute Gasteiger partial charge is 0.394 e. The number of ether oxygens (including phenoxy) is 1. The van der Waals surface area contributed by atoms with E-state index in [1.54, 1.807) is 4.57 Å². The van der Waals surface area contributed by atoms with Crippen LogP contribution in [0.25, 0.3) is 10.4 Å². The number of hydrogen-bond donors (Lipinski definition) is 4. The van der Waals surface area contributed by atoms with Gasteiger partial charge < -0.3 is 20.3 Å². The Hall–Kier alpha value is -2.17. The van der Waals surface area contributed by atoms with Crippen LogP contribution in [0.2, 0.25) is 0 Å². The number of nitrogens with zero attached hydrogens (tertiary/aromatic N) is 6. The van der Waals surface area contributed by atoms with E-state index in [0.717, 1.165) is 0 Å². The number of fused-ring (bicyclic) bond motifs is 1. The molecule has 0 bridgehead atoms. The van der Waals surface area contributed by atoms with E-state index in [9.17, 15) is 5.11 Å². The van der Waals surface area contributed by atoms with Gasteiger partial charge in [0.2, 0.25) is 5.79 Å². The summed E-state index contributed by atoms with van der Waals surface area (Å²) in [5.41, 5.74) is 14.8. The number of imidazole rings is 1. The second kappa shape index (κ2) is 4.98. The Morgan fingerprint density at radius 3 is 3.19 bits per heavy atom. The van der Waals surface area contributed by atoms with Gasteiger partial charge in [-0.3, -0.25) is 10.3 Å². The van der Waals surface area contributed by atoms with Crippen LogP contribution in [0, 0.1) is 0 Å². The third-order valence-corrected chi connectivity index (χ3v) is 3.50. The summed E-state index contributed by atoms with van der Waals surface area (Å²) in [6.07, 6.45) is 1.09. The van der Waals surface area contributed by atoms with Crippen LogP contribution in [0.5, 0.6) is 0 Å². The standard InChI is InChI=1S/C10H14N8O3/c11-10(16-17-12)8-9(13-3-15-10)18(4-14-8)7-1-5(20)6(2-19)21-7/h3-7,19-20H,1-2,11H2,(H,13,15)/t5-,6+,7+,10?/m0/s1. The zero-order valence-corrected chi connectivity index (χ0v) is 10.9. The van der Waals surface area contributed by atoms with Gasteiger partial charge in [0.15, 0.2) is 5.82 Å². The third kappa shape index (κ3) is 2.13. The highest BCUT2D eigenvalue weighted by molar-refractivity contribution is 5.66. The second-order valence-electron chi connectivity index (χ2n) is 4.80. The molecule has 0 aromatic carbocycles. The summed E-state index contributed by atoms with van der Waals surface area (Å²) >= 11 is 0. The van der Waals surface area contributed by atoms with E-state index in [2.05, 4.69) is 25.3 Å². The van der Waals surface area contributed by atoms with E-state index >= 15 is 0 Å². The minimum atomic E-state index is -1.52. The molecule has 0 aliphatic carbocycles. The van der Waals surface area contributed by atoms with Crippen molar-refractivity contribution in [2.45, 2.75) is 30.6 Å². The molecular weight excluding hydrogens is 280 g/mol. The molecule has 21 heavy (non-hydrogen) atoms. The van der Waals surface area contributed by atoms with E-state index < -0.39 is 24.2 Å². The van der Waals surface area contributed by atoms with Crippen molar-refractivity contribution in [2.24, 2.45) is 15.8 Å². The van der Waals surface area contributed by atoms with Crippen molar-refractivity contribution in [3.05, 3.63) is 22.5 Å². The molecule has 2 aliphatic heterocycles. The van der Waals surface area contributed by atoms with Crippen LogP contribution in [0.3, 0.4) is 0 Å². The van der Waals surface area contributed by atoms with Gasteiger partial charge in [0, 0.05) is 11.3 Å². The number of aliphatic hydroxyl groups excluding tert-OH is 2. The summed E-state index contributed by atoms with van der Waals surface area (Å²) in [6, 6.07) is 0. The maximum atomic E-state index is 9.79. The summed E-state index contributed by atoms with van der Waals surface area (Å²) in [4.78, 5) is 10.9. The lowest BCUT2D eigenvalue weighted by Crippen LogP contribution is -2.49. The fourth-order valence-electron chi connectivity index (χ4n) is 2.42. The van der Waals surface area contributed by atoms with Crippen molar-refractivity contribution in [3.63, 3.8) is 0 Å². The van der Waals surface area contributed by atoms with Crippen molar-refractivity contribution in [1.29, 1.82) is 0 Å². The number of rotatable bonds is 3. The Morgan fingerprint density at radius 2 is 2.52 bits per heavy atom. The molecule has 1 aromatic rings. The Labute approximate surface area is 118 Å². The molecule has 1 aromatic heterocycles. The molecule has 0 spiro atoms. The third-order valence-electron chi connectivity index (χ3n) is 3.50. The first-order chi connectivity index (χ1) is 10.1. The number of nitrogens with one attached hydrogen (secondary N) is 1. The molecule has 112 valence electrons. The predicted molar refractivity (Wildman–Crippen MR) is 70.1 cm³/mol. The van der Waals surface area contributed by atoms with Crippen LogP contribution in [0.1, 0.15) is 18.3 Å². The maximum absolute atomic E-state index is 9.79. The fourth-order valence-corrected chi connectivity index (χ4v) is 2.42. The summed E-state index contributed by atoms with van der Waals surface area (Å²) < 4.78 is 7.13. The average Bonchev–Trinajstić information content (AvgIpc) is 3.03. The molecule has 0 amide bonds. The first-order valence-electron chi connectivity index (χ1n) is 6.26. The number of azide groups is 1. The molecule has 5 N–H and O–H groups in total. The molecule has 1 fully saturated rings. The molecule has 2 aliphatic rings. The smallest absolute Gasteiger partial charge is 0.215 e. The van der Waals surface area contributed by atoms with Gasteiger partial charge in [0.05, 0.1) is 25.4 Å². The van der Waals surface area contributed by atoms with E-state index in [1.165, 1.54) is 12.7 Å². The van der Waals surface area contributed by atoms with Gasteiger partial charge in [-0.15, -0.1) is 0 Å². The van der Waals surface area contributed by atoms with Gasteiger partial charge in [-0.05, 0) is 10.6 Å². The highest BCUT2D eigenvalue weighted by Gasteiger charge is 2.39. The Balaban J connectivity index is 1.96. The summed E-state index contributed by atoms with van der Waals surface area (Å²) in [5, 5.41) is 25.0. The number of aliphatic hydroxyl groups is 2. The molecule has 11 heteroatoms. The molecule has 3 rings (SSSR count). The molecule has 0 saturated carbocycles. The van der Waals surface area contributed by atoms with E-state index in [1.807, 2.05) is 0 Å². The van der Waals surface area contributed by atoms with Crippen molar-refractivity contribution >= 4 is 12.2 Å². The van der Waals surface area contributed by atoms with Gasteiger partial charge in [-0.25, -0.2) is 9.98 Å². The summed E-state index contributed by atoms with van der Waals surface area (Å²) in [7, 11) is 0. The number of aromatic nitrogens is 2. The topological polar surface area (TPSA) is 167 Å². The zero-order chi connectivity index (χ0) is 15.0. The van der Waals surface area contributed by atoms with Crippen LogP contribution < -0.4 is 11.1 Å². The van der Waals surface area contributed by atoms with Crippen molar-refractivity contribution in [1.82, 2.24) is 14.9 Å².